The second kappa shape index (κ2) is 5.56. The number of nitriles is 1. The Balaban J connectivity index is 2.15. The molecule has 1 aliphatic rings. The molecule has 0 amide bonds. The van der Waals surface area contributed by atoms with Gasteiger partial charge in [-0.15, -0.1) is 0 Å². The number of rotatable bonds is 4. The van der Waals surface area contributed by atoms with Gasteiger partial charge in [0.25, 0.3) is 0 Å². The SMILES string of the molecule is Cn1nccc1CC(C)(C#N)C(=O)C1CCCCC1. The van der Waals surface area contributed by atoms with E-state index >= 15 is 0 Å². The Labute approximate surface area is 114 Å². The first-order valence-electron chi connectivity index (χ1n) is 6.99. The van der Waals surface area contributed by atoms with Gasteiger partial charge in [0.1, 0.15) is 5.41 Å². The molecule has 1 unspecified atom stereocenters. The highest BCUT2D eigenvalue weighted by molar-refractivity contribution is 5.89. The summed E-state index contributed by atoms with van der Waals surface area (Å²) in [7, 11) is 1.85. The van der Waals surface area contributed by atoms with Crippen molar-refractivity contribution in [3.8, 4) is 6.07 Å². The first-order valence-corrected chi connectivity index (χ1v) is 6.99. The lowest BCUT2D eigenvalue weighted by Gasteiger charge is -2.28. The summed E-state index contributed by atoms with van der Waals surface area (Å²) in [4.78, 5) is 12.6. The van der Waals surface area contributed by atoms with Gasteiger partial charge in [-0.3, -0.25) is 9.48 Å². The monoisotopic (exact) mass is 259 g/mol. The lowest BCUT2D eigenvalue weighted by atomic mass is 9.73. The molecule has 1 saturated carbocycles. The lowest BCUT2D eigenvalue weighted by Crippen LogP contribution is -2.35. The van der Waals surface area contributed by atoms with Gasteiger partial charge in [0, 0.05) is 31.3 Å². The second-order valence-electron chi connectivity index (χ2n) is 5.77. The van der Waals surface area contributed by atoms with E-state index in [1.165, 1.54) is 6.42 Å². The molecule has 0 radical (unpaired) electrons. The number of aromatic nitrogens is 2. The van der Waals surface area contributed by atoms with Crippen LogP contribution in [0.1, 0.15) is 44.7 Å². The fourth-order valence-electron chi connectivity index (χ4n) is 2.93. The quantitative estimate of drug-likeness (QED) is 0.835. The van der Waals surface area contributed by atoms with Crippen molar-refractivity contribution < 1.29 is 4.79 Å². The average molecular weight is 259 g/mol. The molecule has 2 rings (SSSR count). The summed E-state index contributed by atoms with van der Waals surface area (Å²) in [6, 6.07) is 4.13. The fourth-order valence-corrected chi connectivity index (χ4v) is 2.93. The van der Waals surface area contributed by atoms with Gasteiger partial charge in [0.2, 0.25) is 0 Å². The number of nitrogens with zero attached hydrogens (tertiary/aromatic N) is 3. The van der Waals surface area contributed by atoms with E-state index in [4.69, 9.17) is 0 Å². The smallest absolute Gasteiger partial charge is 0.156 e. The average Bonchev–Trinajstić information content (AvgIpc) is 2.84. The third-order valence-corrected chi connectivity index (χ3v) is 4.22. The zero-order valence-corrected chi connectivity index (χ0v) is 11.7. The van der Waals surface area contributed by atoms with Crippen molar-refractivity contribution in [2.24, 2.45) is 18.4 Å². The topological polar surface area (TPSA) is 58.7 Å². The minimum Gasteiger partial charge on any atom is -0.298 e. The molecule has 1 heterocycles. The molecule has 4 nitrogen and oxygen atoms in total. The summed E-state index contributed by atoms with van der Waals surface area (Å²) >= 11 is 0. The maximum absolute atomic E-state index is 12.6. The third kappa shape index (κ3) is 2.86. The largest absolute Gasteiger partial charge is 0.298 e. The molecule has 0 spiro atoms. The fraction of sp³-hybridized carbons (Fsp3) is 0.667. The van der Waals surface area contributed by atoms with Crippen LogP contribution in [0.25, 0.3) is 0 Å². The van der Waals surface area contributed by atoms with Crippen LogP contribution < -0.4 is 0 Å². The Morgan fingerprint density at radius 3 is 2.74 bits per heavy atom. The van der Waals surface area contributed by atoms with Gasteiger partial charge < -0.3 is 0 Å². The van der Waals surface area contributed by atoms with E-state index in [1.54, 1.807) is 17.8 Å². The Morgan fingerprint density at radius 2 is 2.21 bits per heavy atom. The van der Waals surface area contributed by atoms with Gasteiger partial charge in [-0.2, -0.15) is 10.4 Å². The number of ketones is 1. The maximum Gasteiger partial charge on any atom is 0.156 e. The molecule has 4 heteroatoms. The number of Topliss-reactive ketones (excluding diaryl/α,β-unsaturated/α-hetero) is 1. The first-order chi connectivity index (χ1) is 9.07. The van der Waals surface area contributed by atoms with Crippen molar-refractivity contribution in [2.75, 3.05) is 0 Å². The molecule has 0 aliphatic heterocycles. The van der Waals surface area contributed by atoms with Crippen molar-refractivity contribution in [2.45, 2.75) is 45.4 Å². The first kappa shape index (κ1) is 13.8. The molecule has 0 aromatic carbocycles. The molecule has 19 heavy (non-hydrogen) atoms. The van der Waals surface area contributed by atoms with Crippen molar-refractivity contribution in [3.05, 3.63) is 18.0 Å². The number of aryl methyl sites for hydroxylation is 1. The summed E-state index contributed by atoms with van der Waals surface area (Å²) in [6.45, 7) is 1.77. The molecule has 0 N–H and O–H groups in total. The molecule has 1 aliphatic carbocycles. The third-order valence-electron chi connectivity index (χ3n) is 4.22. The van der Waals surface area contributed by atoms with Crippen LogP contribution in [0.2, 0.25) is 0 Å². The molecular formula is C15H21N3O. The van der Waals surface area contributed by atoms with Gasteiger partial charge in [-0.05, 0) is 25.8 Å². The van der Waals surface area contributed by atoms with E-state index in [9.17, 15) is 10.1 Å². The zero-order chi connectivity index (χ0) is 13.9. The van der Waals surface area contributed by atoms with E-state index < -0.39 is 5.41 Å². The Hall–Kier alpha value is -1.63. The van der Waals surface area contributed by atoms with Crippen LogP contribution in [0.15, 0.2) is 12.3 Å². The van der Waals surface area contributed by atoms with Crippen LogP contribution in [-0.4, -0.2) is 15.6 Å². The summed E-state index contributed by atoms with van der Waals surface area (Å²) in [6.07, 6.45) is 7.50. The highest BCUT2D eigenvalue weighted by atomic mass is 16.1. The molecule has 1 aromatic heterocycles. The number of hydrogen-bond donors (Lipinski definition) is 0. The minimum absolute atomic E-state index is 0.0756. The van der Waals surface area contributed by atoms with E-state index in [2.05, 4.69) is 11.2 Å². The van der Waals surface area contributed by atoms with Crippen LogP contribution in [0.5, 0.6) is 0 Å². The number of carbonyl (C=O) groups excluding carboxylic acids is 1. The van der Waals surface area contributed by atoms with Crippen LogP contribution in [0, 0.1) is 22.7 Å². The summed E-state index contributed by atoms with van der Waals surface area (Å²) < 4.78 is 1.74. The van der Waals surface area contributed by atoms with Gasteiger partial charge in [-0.1, -0.05) is 19.3 Å². The summed E-state index contributed by atoms with van der Waals surface area (Å²) in [5.74, 6) is 0.197. The number of hydrogen-bond acceptors (Lipinski definition) is 3. The van der Waals surface area contributed by atoms with Gasteiger partial charge >= 0.3 is 0 Å². The van der Waals surface area contributed by atoms with E-state index in [1.807, 2.05) is 13.1 Å². The van der Waals surface area contributed by atoms with Crippen LogP contribution >= 0.6 is 0 Å². The summed E-state index contributed by atoms with van der Waals surface area (Å²) in [5.41, 5.74) is 0.0173. The molecule has 1 fully saturated rings. The van der Waals surface area contributed by atoms with E-state index in [-0.39, 0.29) is 11.7 Å². The van der Waals surface area contributed by atoms with E-state index in [0.29, 0.717) is 6.42 Å². The Kier molecular flexibility index (Phi) is 4.04. The van der Waals surface area contributed by atoms with Crippen molar-refractivity contribution in [1.29, 1.82) is 5.26 Å². The minimum atomic E-state index is -0.921. The van der Waals surface area contributed by atoms with Crippen molar-refractivity contribution >= 4 is 5.78 Å². The van der Waals surface area contributed by atoms with Crippen LogP contribution in [0.4, 0.5) is 0 Å². The molecular weight excluding hydrogens is 238 g/mol. The van der Waals surface area contributed by atoms with Crippen LogP contribution in [-0.2, 0) is 18.3 Å². The molecule has 0 saturated heterocycles. The Morgan fingerprint density at radius 1 is 1.53 bits per heavy atom. The van der Waals surface area contributed by atoms with Gasteiger partial charge in [-0.25, -0.2) is 0 Å². The zero-order valence-electron chi connectivity index (χ0n) is 11.7. The van der Waals surface area contributed by atoms with Gasteiger partial charge in [0.05, 0.1) is 6.07 Å². The predicted octanol–water partition coefficient (Wildman–Crippen LogP) is 2.64. The molecule has 1 atom stereocenters. The highest BCUT2D eigenvalue weighted by Crippen LogP contribution is 2.33. The van der Waals surface area contributed by atoms with E-state index in [0.717, 1.165) is 31.4 Å². The normalized spacial score (nSPS) is 19.6. The molecule has 1 aromatic rings. The Bertz CT molecular complexity index is 494. The second-order valence-corrected chi connectivity index (χ2v) is 5.77. The maximum atomic E-state index is 12.6. The van der Waals surface area contributed by atoms with Crippen molar-refractivity contribution in [1.82, 2.24) is 9.78 Å². The number of carbonyl (C=O) groups is 1. The van der Waals surface area contributed by atoms with Gasteiger partial charge in [0.15, 0.2) is 5.78 Å². The molecule has 102 valence electrons. The lowest BCUT2D eigenvalue weighted by molar-refractivity contribution is -0.130. The van der Waals surface area contributed by atoms with Crippen LogP contribution in [0.3, 0.4) is 0 Å². The molecule has 0 bridgehead atoms. The predicted molar refractivity (Wildman–Crippen MR) is 72.2 cm³/mol. The standard InChI is InChI=1S/C15H21N3O/c1-15(11-16,10-13-8-9-17-18(13)2)14(19)12-6-4-3-5-7-12/h8-9,12H,3-7,10H2,1-2H3. The summed E-state index contributed by atoms with van der Waals surface area (Å²) in [5, 5.41) is 13.6. The van der Waals surface area contributed by atoms with Crippen molar-refractivity contribution in [3.63, 3.8) is 0 Å². The highest BCUT2D eigenvalue weighted by Gasteiger charge is 2.39.